The highest BCUT2D eigenvalue weighted by Crippen LogP contribution is 2.45. The number of amides is 5. The molecule has 0 unspecified atom stereocenters. The molecule has 5 atom stereocenters. The number of benzene rings is 1. The van der Waals surface area contributed by atoms with E-state index >= 15 is 0 Å². The monoisotopic (exact) mass is 643 g/mol. The average Bonchev–Trinajstić information content (AvgIpc) is 3.29. The van der Waals surface area contributed by atoms with Gasteiger partial charge in [0.25, 0.3) is 5.91 Å². The molecule has 1 aromatic carbocycles. The number of hydrogen-bond acceptors (Lipinski definition) is 8. The lowest BCUT2D eigenvalue weighted by atomic mass is 10.0. The Hall–Kier alpha value is -4.20. The number of rotatable bonds is 3. The summed E-state index contributed by atoms with van der Waals surface area (Å²) in [5.41, 5.74) is 0.512. The van der Waals surface area contributed by atoms with Crippen molar-refractivity contribution in [3.8, 4) is 0 Å². The van der Waals surface area contributed by atoms with Crippen molar-refractivity contribution in [2.75, 3.05) is 6.54 Å². The summed E-state index contributed by atoms with van der Waals surface area (Å²) in [6.45, 7) is 5.14. The van der Waals surface area contributed by atoms with Gasteiger partial charge in [0.15, 0.2) is 0 Å². The second kappa shape index (κ2) is 13.3. The van der Waals surface area contributed by atoms with Crippen LogP contribution in [0.25, 0.3) is 0 Å². The van der Waals surface area contributed by atoms with E-state index in [1.807, 2.05) is 12.2 Å². The van der Waals surface area contributed by atoms with Gasteiger partial charge in [0.1, 0.15) is 35.1 Å². The third-order valence-electron chi connectivity index (χ3n) is 8.89. The molecule has 2 fully saturated rings. The lowest BCUT2D eigenvalue weighted by Crippen LogP contribution is -2.57. The summed E-state index contributed by atoms with van der Waals surface area (Å²) in [5, 5.41) is 14.9. The second-order valence-corrected chi connectivity index (χ2v) is 13.5. The summed E-state index contributed by atoms with van der Waals surface area (Å²) in [5.74, 6) is -2.76. The molecule has 250 valence electrons. The Kier molecular flexibility index (Phi) is 9.57. The highest BCUT2D eigenvalue weighted by molar-refractivity contribution is 5.98. The van der Waals surface area contributed by atoms with Gasteiger partial charge < -0.3 is 25.0 Å². The van der Waals surface area contributed by atoms with Gasteiger partial charge in [0.05, 0.1) is 13.1 Å². The summed E-state index contributed by atoms with van der Waals surface area (Å²) in [7, 11) is 0. The van der Waals surface area contributed by atoms with E-state index in [-0.39, 0.29) is 44.8 Å². The van der Waals surface area contributed by atoms with Crippen molar-refractivity contribution in [3.63, 3.8) is 0 Å². The number of halogens is 1. The summed E-state index contributed by atoms with van der Waals surface area (Å²) in [6, 6.07) is 2.45. The standard InChI is InChI=1S/C32H42FN5O8/c1-31(2,3)46-29(42)34-24-13-8-6-4-5-7-11-20-15-32(20,28(41)36-44)35-26(39)25-14-21(17-38(25)27(24)40)45-30(43)37-16-19-10-9-12-23(33)22(19)18-37/h7,9-12,20-21,24-25,44H,4-6,8,13-18H2,1-3H3,(H,34,42)(H,35,39)(H,36,41)/b11-7-/t20-,21+,24-,25-,32-/m0/s1. The van der Waals surface area contributed by atoms with Crippen molar-refractivity contribution < 1.29 is 43.0 Å². The molecule has 1 saturated heterocycles. The van der Waals surface area contributed by atoms with Crippen LogP contribution >= 0.6 is 0 Å². The van der Waals surface area contributed by atoms with Gasteiger partial charge >= 0.3 is 12.2 Å². The van der Waals surface area contributed by atoms with Gasteiger partial charge in [-0.3, -0.25) is 24.5 Å². The number of alkyl carbamates (subject to hydrolysis) is 1. The second-order valence-electron chi connectivity index (χ2n) is 13.5. The zero-order valence-electron chi connectivity index (χ0n) is 26.3. The Bertz CT molecular complexity index is 1410. The molecule has 4 N–H and O–H groups in total. The molecule has 3 aliphatic heterocycles. The van der Waals surface area contributed by atoms with Gasteiger partial charge in [-0.15, -0.1) is 0 Å². The Morgan fingerprint density at radius 1 is 1.13 bits per heavy atom. The number of nitrogens with zero attached hydrogens (tertiary/aromatic N) is 2. The SMILES string of the molecule is CC(C)(C)OC(=O)N[C@H]1CCCCC/C=C\[C@H]2C[C@]2(C(=O)NO)NC(=O)[C@@H]2C[C@@H](OC(=O)N3Cc4cccc(F)c4C3)CN2C1=O. The summed E-state index contributed by atoms with van der Waals surface area (Å²) in [6.07, 6.45) is 4.74. The maximum atomic E-state index is 14.3. The summed E-state index contributed by atoms with van der Waals surface area (Å²) in [4.78, 5) is 69.2. The number of ether oxygens (including phenoxy) is 2. The molecule has 3 heterocycles. The van der Waals surface area contributed by atoms with Gasteiger partial charge in [-0.05, 0) is 58.1 Å². The predicted octanol–water partition coefficient (Wildman–Crippen LogP) is 3.04. The lowest BCUT2D eigenvalue weighted by Gasteiger charge is -2.30. The molecule has 1 aromatic rings. The molecule has 13 nitrogen and oxygen atoms in total. The predicted molar refractivity (Wildman–Crippen MR) is 160 cm³/mol. The van der Waals surface area contributed by atoms with Gasteiger partial charge in [0.2, 0.25) is 11.8 Å². The number of hydroxylamine groups is 1. The molecule has 5 rings (SSSR count). The third-order valence-corrected chi connectivity index (χ3v) is 8.89. The van der Waals surface area contributed by atoms with Crippen molar-refractivity contribution >= 4 is 29.9 Å². The van der Waals surface area contributed by atoms with Crippen LogP contribution in [0.2, 0.25) is 0 Å². The molecule has 1 aliphatic carbocycles. The minimum atomic E-state index is -1.40. The van der Waals surface area contributed by atoms with Crippen LogP contribution < -0.4 is 16.1 Å². The van der Waals surface area contributed by atoms with E-state index < -0.39 is 65.1 Å². The molecular formula is C32H42FN5O8. The van der Waals surface area contributed by atoms with E-state index in [0.29, 0.717) is 17.5 Å². The smallest absolute Gasteiger partial charge is 0.410 e. The van der Waals surface area contributed by atoms with Crippen LogP contribution in [0.1, 0.15) is 76.8 Å². The Morgan fingerprint density at radius 2 is 1.91 bits per heavy atom. The van der Waals surface area contributed by atoms with Crippen LogP contribution in [0.15, 0.2) is 30.4 Å². The van der Waals surface area contributed by atoms with Crippen LogP contribution in [0, 0.1) is 11.7 Å². The number of allylic oxidation sites excluding steroid dienone is 1. The molecule has 5 amide bonds. The normalized spacial score (nSPS) is 28.8. The van der Waals surface area contributed by atoms with Crippen LogP contribution in [0.4, 0.5) is 14.0 Å². The van der Waals surface area contributed by atoms with Crippen LogP contribution in [-0.4, -0.2) is 80.8 Å². The Labute approximate surface area is 266 Å². The average molecular weight is 644 g/mol. The molecule has 0 spiro atoms. The van der Waals surface area contributed by atoms with Crippen molar-refractivity contribution in [3.05, 3.63) is 47.3 Å². The van der Waals surface area contributed by atoms with E-state index in [4.69, 9.17) is 9.47 Å². The number of carbonyl (C=O) groups is 5. The first-order valence-electron chi connectivity index (χ1n) is 15.8. The summed E-state index contributed by atoms with van der Waals surface area (Å²) >= 11 is 0. The lowest BCUT2D eigenvalue weighted by molar-refractivity contribution is -0.142. The molecule has 1 saturated carbocycles. The first kappa shape index (κ1) is 33.2. The van der Waals surface area contributed by atoms with E-state index in [9.17, 15) is 33.6 Å². The zero-order chi connectivity index (χ0) is 33.2. The zero-order valence-corrected chi connectivity index (χ0v) is 26.3. The number of fused-ring (bicyclic) bond motifs is 3. The van der Waals surface area contributed by atoms with Crippen LogP contribution in [-0.2, 0) is 36.9 Å². The molecular weight excluding hydrogens is 601 g/mol. The number of nitrogens with one attached hydrogen (secondary N) is 3. The van der Waals surface area contributed by atoms with Crippen molar-refractivity contribution in [2.45, 2.75) is 108 Å². The molecule has 46 heavy (non-hydrogen) atoms. The molecule has 0 radical (unpaired) electrons. The highest BCUT2D eigenvalue weighted by atomic mass is 19.1. The fourth-order valence-electron chi connectivity index (χ4n) is 6.44. The van der Waals surface area contributed by atoms with Crippen molar-refractivity contribution in [2.24, 2.45) is 5.92 Å². The number of hydrogen-bond donors (Lipinski definition) is 4. The maximum absolute atomic E-state index is 14.3. The maximum Gasteiger partial charge on any atom is 0.410 e. The largest absolute Gasteiger partial charge is 0.444 e. The minimum absolute atomic E-state index is 0.0235. The van der Waals surface area contributed by atoms with Crippen molar-refractivity contribution in [1.82, 2.24) is 25.9 Å². The Balaban J connectivity index is 1.38. The highest BCUT2D eigenvalue weighted by Gasteiger charge is 2.61. The fraction of sp³-hybridized carbons (Fsp3) is 0.594. The first-order chi connectivity index (χ1) is 21.8. The molecule has 0 aromatic heterocycles. The van der Waals surface area contributed by atoms with Crippen LogP contribution in [0.5, 0.6) is 0 Å². The number of carbonyl (C=O) groups excluding carboxylic acids is 5. The molecule has 14 heteroatoms. The van der Waals surface area contributed by atoms with E-state index in [2.05, 4.69) is 10.6 Å². The van der Waals surface area contributed by atoms with Gasteiger partial charge in [-0.25, -0.2) is 19.5 Å². The van der Waals surface area contributed by atoms with Gasteiger partial charge in [-0.1, -0.05) is 37.1 Å². The Morgan fingerprint density at radius 3 is 2.63 bits per heavy atom. The van der Waals surface area contributed by atoms with E-state index in [1.54, 1.807) is 38.4 Å². The first-order valence-corrected chi connectivity index (χ1v) is 15.8. The van der Waals surface area contributed by atoms with E-state index in [1.165, 1.54) is 15.9 Å². The van der Waals surface area contributed by atoms with Crippen molar-refractivity contribution in [1.29, 1.82) is 0 Å². The van der Waals surface area contributed by atoms with E-state index in [0.717, 1.165) is 19.3 Å². The van der Waals surface area contributed by atoms with Crippen LogP contribution in [0.3, 0.4) is 0 Å². The van der Waals surface area contributed by atoms with Gasteiger partial charge in [-0.2, -0.15) is 0 Å². The molecule has 0 bridgehead atoms. The fourth-order valence-corrected chi connectivity index (χ4v) is 6.44. The summed E-state index contributed by atoms with van der Waals surface area (Å²) < 4.78 is 25.5. The molecule has 4 aliphatic rings. The topological polar surface area (TPSA) is 167 Å². The van der Waals surface area contributed by atoms with Gasteiger partial charge in [0, 0.05) is 24.4 Å². The minimum Gasteiger partial charge on any atom is -0.444 e. The third kappa shape index (κ3) is 7.27. The quantitative estimate of drug-likeness (QED) is 0.222.